The lowest BCUT2D eigenvalue weighted by Gasteiger charge is -2.11. The van der Waals surface area contributed by atoms with Gasteiger partial charge in [-0.2, -0.15) is 5.10 Å². The van der Waals surface area contributed by atoms with Crippen LogP contribution in [0.25, 0.3) is 11.4 Å². The van der Waals surface area contributed by atoms with Crippen molar-refractivity contribution >= 4 is 0 Å². The molecule has 1 aromatic heterocycles. The molecule has 2 rings (SSSR count). The van der Waals surface area contributed by atoms with Crippen molar-refractivity contribution in [2.24, 2.45) is 7.05 Å². The van der Waals surface area contributed by atoms with Crippen LogP contribution in [-0.4, -0.2) is 21.1 Å². The molecule has 0 spiro atoms. The number of rotatable bonds is 2. The molecular weight excluding hydrogens is 235 g/mol. The third kappa shape index (κ3) is 2.74. The summed E-state index contributed by atoms with van der Waals surface area (Å²) in [6.45, 7) is 0. The molecule has 1 aromatic carbocycles. The zero-order valence-electron chi connectivity index (χ0n) is 8.77. The molecule has 0 saturated heterocycles. The second-order valence-corrected chi connectivity index (χ2v) is 3.29. The smallest absolute Gasteiger partial charge is 0.405 e. The molecule has 0 fully saturated rings. The molecule has 0 radical (unpaired) electrons. The molecule has 0 amide bonds. The van der Waals surface area contributed by atoms with Gasteiger partial charge in [0.15, 0.2) is 5.82 Å². The average molecular weight is 243 g/mol. The van der Waals surface area contributed by atoms with Crippen LogP contribution in [0.5, 0.6) is 5.75 Å². The van der Waals surface area contributed by atoms with Crippen LogP contribution in [0, 0.1) is 0 Å². The number of ether oxygens (including phenoxy) is 1. The number of alkyl halides is 3. The van der Waals surface area contributed by atoms with Crippen molar-refractivity contribution in [2.45, 2.75) is 6.36 Å². The van der Waals surface area contributed by atoms with Crippen molar-refractivity contribution in [3.63, 3.8) is 0 Å². The van der Waals surface area contributed by atoms with Crippen molar-refractivity contribution in [1.82, 2.24) is 14.8 Å². The van der Waals surface area contributed by atoms with Crippen LogP contribution in [0.4, 0.5) is 13.2 Å². The van der Waals surface area contributed by atoms with Gasteiger partial charge in [-0.15, -0.1) is 13.2 Å². The van der Waals surface area contributed by atoms with Crippen LogP contribution in [0.3, 0.4) is 0 Å². The molecule has 0 N–H and O–H groups in total. The molecule has 90 valence electrons. The Morgan fingerprint density at radius 1 is 1.24 bits per heavy atom. The minimum absolute atomic E-state index is 0.187. The Morgan fingerprint density at radius 2 is 1.94 bits per heavy atom. The van der Waals surface area contributed by atoms with Gasteiger partial charge in [0, 0.05) is 7.05 Å². The van der Waals surface area contributed by atoms with E-state index in [0.29, 0.717) is 0 Å². The van der Waals surface area contributed by atoms with E-state index in [1.807, 2.05) is 0 Å². The summed E-state index contributed by atoms with van der Waals surface area (Å²) in [5.74, 6) is -0.126. The molecule has 2 aromatic rings. The van der Waals surface area contributed by atoms with E-state index in [9.17, 15) is 13.2 Å². The summed E-state index contributed by atoms with van der Waals surface area (Å²) in [6.07, 6.45) is -3.33. The predicted molar refractivity (Wildman–Crippen MR) is 53.1 cm³/mol. The monoisotopic (exact) mass is 243 g/mol. The van der Waals surface area contributed by atoms with E-state index in [4.69, 9.17) is 0 Å². The maximum atomic E-state index is 12.2. The Bertz CT molecular complexity index is 522. The average Bonchev–Trinajstić information content (AvgIpc) is 2.63. The summed E-state index contributed by atoms with van der Waals surface area (Å²) >= 11 is 0. The normalized spacial score (nSPS) is 11.5. The second-order valence-electron chi connectivity index (χ2n) is 3.29. The topological polar surface area (TPSA) is 39.9 Å². The van der Waals surface area contributed by atoms with E-state index in [1.54, 1.807) is 13.1 Å². The van der Waals surface area contributed by atoms with Gasteiger partial charge in [0.1, 0.15) is 12.1 Å². The Balaban J connectivity index is 2.41. The number of halogens is 3. The second kappa shape index (κ2) is 4.08. The lowest BCUT2D eigenvalue weighted by atomic mass is 10.2. The highest BCUT2D eigenvalue weighted by molar-refractivity contribution is 5.63. The fraction of sp³-hybridized carbons (Fsp3) is 0.200. The summed E-state index contributed by atoms with van der Waals surface area (Å²) in [6, 6.07) is 5.73. The fourth-order valence-electron chi connectivity index (χ4n) is 1.33. The highest BCUT2D eigenvalue weighted by Crippen LogP contribution is 2.31. The Kier molecular flexibility index (Phi) is 2.74. The first kappa shape index (κ1) is 11.4. The van der Waals surface area contributed by atoms with E-state index in [0.717, 1.165) is 0 Å². The number of hydrogen-bond acceptors (Lipinski definition) is 3. The molecule has 1 heterocycles. The molecular formula is C10H8F3N3O. The third-order valence-electron chi connectivity index (χ3n) is 1.95. The highest BCUT2D eigenvalue weighted by atomic mass is 19.4. The van der Waals surface area contributed by atoms with Gasteiger partial charge in [0.05, 0.1) is 5.56 Å². The van der Waals surface area contributed by atoms with Gasteiger partial charge in [-0.1, -0.05) is 12.1 Å². The number of aryl methyl sites for hydroxylation is 1. The zero-order chi connectivity index (χ0) is 12.5. The summed E-state index contributed by atoms with van der Waals surface area (Å²) < 4.78 is 41.8. The van der Waals surface area contributed by atoms with Crippen LogP contribution in [-0.2, 0) is 7.05 Å². The maximum absolute atomic E-state index is 12.2. The molecule has 7 heteroatoms. The Labute approximate surface area is 94.7 Å². The summed E-state index contributed by atoms with van der Waals surface area (Å²) in [5.41, 5.74) is 0.199. The quantitative estimate of drug-likeness (QED) is 0.813. The largest absolute Gasteiger partial charge is 0.573 e. The molecule has 0 saturated carbocycles. The molecule has 0 aliphatic heterocycles. The predicted octanol–water partition coefficient (Wildman–Crippen LogP) is 2.38. The van der Waals surface area contributed by atoms with Gasteiger partial charge in [-0.05, 0) is 12.1 Å². The molecule has 0 unspecified atom stereocenters. The van der Waals surface area contributed by atoms with E-state index in [2.05, 4.69) is 14.8 Å². The van der Waals surface area contributed by atoms with Crippen molar-refractivity contribution in [2.75, 3.05) is 0 Å². The van der Waals surface area contributed by atoms with Gasteiger partial charge in [0.25, 0.3) is 0 Å². The van der Waals surface area contributed by atoms with Crippen molar-refractivity contribution in [3.05, 3.63) is 30.6 Å². The van der Waals surface area contributed by atoms with Gasteiger partial charge < -0.3 is 4.74 Å². The first-order chi connectivity index (χ1) is 7.96. The molecule has 0 bridgehead atoms. The first-order valence-corrected chi connectivity index (χ1v) is 4.66. The molecule has 0 aliphatic rings. The summed E-state index contributed by atoms with van der Waals surface area (Å²) in [4.78, 5) is 3.88. The van der Waals surface area contributed by atoms with E-state index < -0.39 is 6.36 Å². The molecule has 0 atom stereocenters. The van der Waals surface area contributed by atoms with Crippen molar-refractivity contribution in [1.29, 1.82) is 0 Å². The number of para-hydroxylation sites is 1. The summed E-state index contributed by atoms with van der Waals surface area (Å²) in [7, 11) is 1.63. The van der Waals surface area contributed by atoms with Crippen LogP contribution in [0.2, 0.25) is 0 Å². The van der Waals surface area contributed by atoms with Gasteiger partial charge >= 0.3 is 6.36 Å². The number of benzene rings is 1. The van der Waals surface area contributed by atoms with E-state index in [1.165, 1.54) is 29.2 Å². The van der Waals surface area contributed by atoms with E-state index >= 15 is 0 Å². The minimum atomic E-state index is -4.73. The van der Waals surface area contributed by atoms with Crippen molar-refractivity contribution in [3.8, 4) is 17.1 Å². The van der Waals surface area contributed by atoms with Crippen molar-refractivity contribution < 1.29 is 17.9 Å². The van der Waals surface area contributed by atoms with Crippen LogP contribution in [0.15, 0.2) is 30.6 Å². The zero-order valence-corrected chi connectivity index (χ0v) is 8.77. The number of hydrogen-bond donors (Lipinski definition) is 0. The lowest BCUT2D eigenvalue weighted by molar-refractivity contribution is -0.274. The van der Waals surface area contributed by atoms with Crippen LogP contribution in [0.1, 0.15) is 0 Å². The summed E-state index contributed by atoms with van der Waals surface area (Å²) in [5, 5.41) is 3.93. The van der Waals surface area contributed by atoms with Gasteiger partial charge in [0.2, 0.25) is 0 Å². The third-order valence-corrected chi connectivity index (χ3v) is 1.95. The van der Waals surface area contributed by atoms with Crippen LogP contribution >= 0.6 is 0 Å². The van der Waals surface area contributed by atoms with Gasteiger partial charge in [-0.25, -0.2) is 4.98 Å². The van der Waals surface area contributed by atoms with Crippen LogP contribution < -0.4 is 4.74 Å². The SMILES string of the molecule is Cn1cnc(-c2ccccc2OC(F)(F)F)n1. The fourth-order valence-corrected chi connectivity index (χ4v) is 1.33. The number of nitrogens with zero attached hydrogens (tertiary/aromatic N) is 3. The minimum Gasteiger partial charge on any atom is -0.405 e. The molecule has 17 heavy (non-hydrogen) atoms. The molecule has 0 aliphatic carbocycles. The highest BCUT2D eigenvalue weighted by Gasteiger charge is 2.32. The standard InChI is InChI=1S/C10H8F3N3O/c1-16-6-14-9(15-16)7-4-2-3-5-8(7)17-10(11,12)13/h2-6H,1H3. The Hall–Kier alpha value is -2.05. The van der Waals surface area contributed by atoms with E-state index in [-0.39, 0.29) is 17.1 Å². The lowest BCUT2D eigenvalue weighted by Crippen LogP contribution is -2.17. The molecule has 4 nitrogen and oxygen atoms in total. The Morgan fingerprint density at radius 3 is 2.53 bits per heavy atom. The number of aromatic nitrogens is 3. The van der Waals surface area contributed by atoms with Gasteiger partial charge in [-0.3, -0.25) is 4.68 Å². The maximum Gasteiger partial charge on any atom is 0.573 e. The first-order valence-electron chi connectivity index (χ1n) is 4.66.